The molecule has 0 unspecified atom stereocenters. The van der Waals surface area contributed by atoms with Crippen LogP contribution >= 0.6 is 12.2 Å². The summed E-state index contributed by atoms with van der Waals surface area (Å²) in [5.74, 6) is -0.171. The number of amides is 1. The number of esters is 1. The molecule has 0 saturated carbocycles. The Kier molecular flexibility index (Phi) is 7.64. The van der Waals surface area contributed by atoms with Gasteiger partial charge in [-0.05, 0) is 48.2 Å². The summed E-state index contributed by atoms with van der Waals surface area (Å²) in [6.07, 6.45) is 0.416. The molecule has 0 fully saturated rings. The molecule has 2 N–H and O–H groups in total. The van der Waals surface area contributed by atoms with E-state index in [1.165, 1.54) is 0 Å². The maximum atomic E-state index is 12.9. The first-order valence-corrected chi connectivity index (χ1v) is 10.6. The van der Waals surface area contributed by atoms with Crippen LogP contribution in [0.15, 0.2) is 35.5 Å². The lowest BCUT2D eigenvalue weighted by atomic mass is 9.92. The lowest BCUT2D eigenvalue weighted by Gasteiger charge is -2.35. The Morgan fingerprint density at radius 1 is 1.30 bits per heavy atom. The Morgan fingerprint density at radius 3 is 2.57 bits per heavy atom. The van der Waals surface area contributed by atoms with Crippen LogP contribution in [0.5, 0.6) is 0 Å². The molecule has 6 nitrogen and oxygen atoms in total. The van der Waals surface area contributed by atoms with Crippen LogP contribution in [0.3, 0.4) is 0 Å². The average Bonchev–Trinajstić information content (AvgIpc) is 2.62. The predicted molar refractivity (Wildman–Crippen MR) is 124 cm³/mol. The molecule has 0 radical (unpaired) electrons. The summed E-state index contributed by atoms with van der Waals surface area (Å²) in [6.45, 7) is 12.3. The SMILES string of the molecule is CC1=C(C(=O)OCC(C)C)[C@@H](c2cccc(NC(=O)CC(C)(C)C)c2)NC(=S)N1C. The Bertz CT molecular complexity index is 855. The van der Waals surface area contributed by atoms with Gasteiger partial charge in [0, 0.05) is 24.9 Å². The first-order valence-electron chi connectivity index (χ1n) is 10.2. The third-order valence-corrected chi connectivity index (χ3v) is 5.11. The lowest BCUT2D eigenvalue weighted by Crippen LogP contribution is -2.46. The normalized spacial score (nSPS) is 17.1. The van der Waals surface area contributed by atoms with Gasteiger partial charge in [0.05, 0.1) is 18.2 Å². The van der Waals surface area contributed by atoms with Crippen LogP contribution in [-0.4, -0.2) is 35.5 Å². The molecule has 1 atom stereocenters. The molecule has 1 aromatic rings. The second-order valence-electron chi connectivity index (χ2n) is 9.34. The van der Waals surface area contributed by atoms with E-state index in [0.717, 1.165) is 11.3 Å². The monoisotopic (exact) mass is 431 g/mol. The first-order chi connectivity index (χ1) is 13.9. The average molecular weight is 432 g/mol. The third kappa shape index (κ3) is 6.29. The van der Waals surface area contributed by atoms with Crippen molar-refractivity contribution in [3.8, 4) is 0 Å². The molecule has 30 heavy (non-hydrogen) atoms. The molecular weight excluding hydrogens is 398 g/mol. The van der Waals surface area contributed by atoms with E-state index in [1.54, 1.807) is 4.90 Å². The Morgan fingerprint density at radius 2 is 1.97 bits per heavy atom. The number of anilines is 1. The van der Waals surface area contributed by atoms with Gasteiger partial charge in [0.2, 0.25) is 5.91 Å². The zero-order chi connectivity index (χ0) is 22.6. The second kappa shape index (κ2) is 9.60. The van der Waals surface area contributed by atoms with E-state index in [9.17, 15) is 9.59 Å². The van der Waals surface area contributed by atoms with Gasteiger partial charge < -0.3 is 20.3 Å². The van der Waals surface area contributed by atoms with Gasteiger partial charge in [-0.2, -0.15) is 0 Å². The molecular formula is C23H33N3O3S. The number of hydrogen-bond donors (Lipinski definition) is 2. The number of nitrogens with zero attached hydrogens (tertiary/aromatic N) is 1. The van der Waals surface area contributed by atoms with E-state index < -0.39 is 6.04 Å². The Labute approximate surface area is 185 Å². The number of hydrogen-bond acceptors (Lipinski definition) is 4. The molecule has 1 aliphatic rings. The third-order valence-electron chi connectivity index (χ3n) is 4.72. The molecule has 1 heterocycles. The van der Waals surface area contributed by atoms with E-state index in [1.807, 2.05) is 72.9 Å². The summed E-state index contributed by atoms with van der Waals surface area (Å²) in [7, 11) is 1.82. The van der Waals surface area contributed by atoms with Gasteiger partial charge >= 0.3 is 5.97 Å². The smallest absolute Gasteiger partial charge is 0.338 e. The van der Waals surface area contributed by atoms with Crippen molar-refractivity contribution in [1.29, 1.82) is 0 Å². The van der Waals surface area contributed by atoms with Crippen LogP contribution in [0.4, 0.5) is 5.69 Å². The van der Waals surface area contributed by atoms with Crippen molar-refractivity contribution in [3.63, 3.8) is 0 Å². The zero-order valence-electron chi connectivity index (χ0n) is 19.0. The van der Waals surface area contributed by atoms with Crippen molar-refractivity contribution in [2.45, 2.75) is 54.0 Å². The number of carbonyl (C=O) groups excluding carboxylic acids is 2. The summed E-state index contributed by atoms with van der Waals surface area (Å²) < 4.78 is 5.52. The minimum absolute atomic E-state index is 0.0465. The van der Waals surface area contributed by atoms with Crippen molar-refractivity contribution >= 4 is 34.9 Å². The van der Waals surface area contributed by atoms with Crippen molar-refractivity contribution < 1.29 is 14.3 Å². The van der Waals surface area contributed by atoms with E-state index in [0.29, 0.717) is 29.4 Å². The lowest BCUT2D eigenvalue weighted by molar-refractivity contribution is -0.140. The van der Waals surface area contributed by atoms with E-state index >= 15 is 0 Å². The molecule has 0 aliphatic carbocycles. The highest BCUT2D eigenvalue weighted by Gasteiger charge is 2.33. The summed E-state index contributed by atoms with van der Waals surface area (Å²) in [4.78, 5) is 27.0. The highest BCUT2D eigenvalue weighted by Crippen LogP contribution is 2.32. The van der Waals surface area contributed by atoms with Gasteiger partial charge in [0.1, 0.15) is 0 Å². The molecule has 1 aliphatic heterocycles. The topological polar surface area (TPSA) is 70.7 Å². The van der Waals surface area contributed by atoms with Gasteiger partial charge in [-0.25, -0.2) is 4.79 Å². The van der Waals surface area contributed by atoms with Gasteiger partial charge in [0.25, 0.3) is 0 Å². The maximum absolute atomic E-state index is 12.9. The Hall–Kier alpha value is -2.41. The minimum Gasteiger partial charge on any atom is -0.462 e. The minimum atomic E-state index is -0.451. The molecule has 164 valence electrons. The molecule has 2 rings (SSSR count). The fourth-order valence-electron chi connectivity index (χ4n) is 3.15. The van der Waals surface area contributed by atoms with E-state index in [-0.39, 0.29) is 23.2 Å². The summed E-state index contributed by atoms with van der Waals surface area (Å²) in [5.41, 5.74) is 2.68. The van der Waals surface area contributed by atoms with Crippen LogP contribution in [0.1, 0.15) is 59.6 Å². The summed E-state index contributed by atoms with van der Waals surface area (Å²) in [5, 5.41) is 6.72. The van der Waals surface area contributed by atoms with Crippen LogP contribution in [0.25, 0.3) is 0 Å². The van der Waals surface area contributed by atoms with Crippen LogP contribution in [0, 0.1) is 11.3 Å². The van der Waals surface area contributed by atoms with Crippen molar-refractivity contribution in [2.75, 3.05) is 19.0 Å². The van der Waals surface area contributed by atoms with Gasteiger partial charge in [-0.1, -0.05) is 46.8 Å². The van der Waals surface area contributed by atoms with Crippen LogP contribution < -0.4 is 10.6 Å². The number of benzene rings is 1. The van der Waals surface area contributed by atoms with E-state index in [2.05, 4.69) is 10.6 Å². The number of thiocarbonyl (C=S) groups is 1. The molecule has 7 heteroatoms. The van der Waals surface area contributed by atoms with Gasteiger partial charge in [-0.3, -0.25) is 4.79 Å². The zero-order valence-corrected chi connectivity index (χ0v) is 19.8. The van der Waals surface area contributed by atoms with E-state index in [4.69, 9.17) is 17.0 Å². The summed E-state index contributed by atoms with van der Waals surface area (Å²) >= 11 is 5.45. The number of ether oxygens (including phenoxy) is 1. The second-order valence-corrected chi connectivity index (χ2v) is 9.73. The van der Waals surface area contributed by atoms with Crippen LogP contribution in [0.2, 0.25) is 0 Å². The van der Waals surface area contributed by atoms with Crippen molar-refractivity contribution in [2.24, 2.45) is 11.3 Å². The van der Waals surface area contributed by atoms with Crippen molar-refractivity contribution in [3.05, 3.63) is 41.1 Å². The fraction of sp³-hybridized carbons (Fsp3) is 0.522. The van der Waals surface area contributed by atoms with Gasteiger partial charge in [-0.15, -0.1) is 0 Å². The molecule has 0 bridgehead atoms. The fourth-order valence-corrected chi connectivity index (χ4v) is 3.41. The van der Waals surface area contributed by atoms with Gasteiger partial charge in [0.15, 0.2) is 5.11 Å². The summed E-state index contributed by atoms with van der Waals surface area (Å²) in [6, 6.07) is 7.03. The largest absolute Gasteiger partial charge is 0.462 e. The highest BCUT2D eigenvalue weighted by atomic mass is 32.1. The molecule has 1 amide bonds. The molecule has 0 aromatic heterocycles. The maximum Gasteiger partial charge on any atom is 0.338 e. The highest BCUT2D eigenvalue weighted by molar-refractivity contribution is 7.80. The van der Waals surface area contributed by atoms with Crippen molar-refractivity contribution in [1.82, 2.24) is 10.2 Å². The first kappa shape index (κ1) is 23.9. The number of carbonyl (C=O) groups is 2. The molecule has 0 saturated heterocycles. The number of nitrogens with one attached hydrogen (secondary N) is 2. The molecule has 0 spiro atoms. The standard InChI is InChI=1S/C23H33N3O3S/c1-14(2)13-29-21(28)19-15(3)26(7)22(30)25-20(19)16-9-8-10-17(11-16)24-18(27)12-23(4,5)6/h8-11,14,20H,12-13H2,1-7H3,(H,24,27)(H,25,30)/t20-/m1/s1. The number of allylic oxidation sites excluding steroid dienone is 1. The van der Waals surface area contributed by atoms with Crippen LogP contribution in [-0.2, 0) is 14.3 Å². The predicted octanol–water partition coefficient (Wildman–Crippen LogP) is 4.40. The quantitative estimate of drug-likeness (QED) is 0.514. The Balaban J connectivity index is 2.34. The molecule has 1 aromatic carbocycles. The number of rotatable bonds is 6.